The minimum absolute atomic E-state index is 0.0310. The lowest BCUT2D eigenvalue weighted by Crippen LogP contribution is -2.36. The molecule has 3 heterocycles. The molecule has 41 heavy (non-hydrogen) atoms. The number of aliphatic carboxylic acids is 1. The van der Waals surface area contributed by atoms with Gasteiger partial charge >= 0.3 is 5.97 Å². The molecule has 0 amide bonds. The maximum absolute atomic E-state index is 15.1. The Balaban J connectivity index is 1.17. The molecule has 2 aliphatic heterocycles. The van der Waals surface area contributed by atoms with Gasteiger partial charge < -0.3 is 19.6 Å². The molecule has 3 fully saturated rings. The second kappa shape index (κ2) is 11.8. The first-order chi connectivity index (χ1) is 19.9. The first-order valence-electron chi connectivity index (χ1n) is 14.8. The van der Waals surface area contributed by atoms with Crippen molar-refractivity contribution in [3.63, 3.8) is 0 Å². The summed E-state index contributed by atoms with van der Waals surface area (Å²) >= 11 is 0. The second-order valence-corrected chi connectivity index (χ2v) is 11.8. The van der Waals surface area contributed by atoms with Crippen molar-refractivity contribution in [2.75, 3.05) is 31.1 Å². The normalized spacial score (nSPS) is 19.0. The first kappa shape index (κ1) is 27.6. The Bertz CT molecular complexity index is 1410. The Morgan fingerprint density at radius 1 is 0.976 bits per heavy atom. The lowest BCUT2D eigenvalue weighted by molar-refractivity contribution is -0.142. The summed E-state index contributed by atoms with van der Waals surface area (Å²) < 4.78 is 35.5. The Hall–Kier alpha value is -3.52. The molecule has 0 bridgehead atoms. The number of carboxylic acids is 1. The van der Waals surface area contributed by atoms with Crippen LogP contribution in [0.1, 0.15) is 61.1 Å². The van der Waals surface area contributed by atoms with E-state index in [1.807, 2.05) is 11.0 Å². The standard InChI is InChI=1S/C33H37F2N3O3/c1-21-17-24(22-9-13-37(14-10-22)27-7-8-27)5-6-25(21)20-41-32-28(18-26(34)19-29(32)35)30-3-2-4-31(36-30)38-15-11-23(12-16-38)33(39)40/h2-6,17-19,22-23,27H,7-16,20H2,1H3,(H,39,40). The van der Waals surface area contributed by atoms with Crippen LogP contribution in [-0.4, -0.2) is 53.2 Å². The summed E-state index contributed by atoms with van der Waals surface area (Å²) in [5, 5.41) is 9.30. The average molecular weight is 562 g/mol. The van der Waals surface area contributed by atoms with Crippen LogP contribution in [0, 0.1) is 24.5 Å². The Morgan fingerprint density at radius 3 is 2.41 bits per heavy atom. The number of hydrogen-bond donors (Lipinski definition) is 1. The SMILES string of the molecule is Cc1cc(C2CCN(C3CC3)CC2)ccc1COc1c(F)cc(F)cc1-c1cccc(N2CCC(C(=O)O)CC2)n1. The third-order valence-electron chi connectivity index (χ3n) is 8.99. The number of ether oxygens (including phenoxy) is 1. The summed E-state index contributed by atoms with van der Waals surface area (Å²) in [5.41, 5.74) is 4.06. The lowest BCUT2D eigenvalue weighted by atomic mass is 9.88. The van der Waals surface area contributed by atoms with Crippen LogP contribution in [0.2, 0.25) is 0 Å². The van der Waals surface area contributed by atoms with Gasteiger partial charge in [-0.25, -0.2) is 13.8 Å². The summed E-state index contributed by atoms with van der Waals surface area (Å²) in [6, 6.07) is 14.7. The molecule has 216 valence electrons. The molecule has 6 nitrogen and oxygen atoms in total. The fourth-order valence-electron chi connectivity index (χ4n) is 6.32. The van der Waals surface area contributed by atoms with Crippen molar-refractivity contribution in [3.05, 3.63) is 76.9 Å². The van der Waals surface area contributed by atoms with E-state index in [9.17, 15) is 14.3 Å². The van der Waals surface area contributed by atoms with Crippen LogP contribution in [0.4, 0.5) is 14.6 Å². The van der Waals surface area contributed by atoms with Crippen molar-refractivity contribution in [2.24, 2.45) is 5.92 Å². The Labute approximate surface area is 240 Å². The largest absolute Gasteiger partial charge is 0.485 e. The molecule has 0 spiro atoms. The van der Waals surface area contributed by atoms with E-state index in [4.69, 9.17) is 9.72 Å². The number of carbonyl (C=O) groups is 1. The predicted molar refractivity (Wildman–Crippen MR) is 154 cm³/mol. The van der Waals surface area contributed by atoms with Gasteiger partial charge in [0.2, 0.25) is 0 Å². The molecule has 2 aromatic carbocycles. The van der Waals surface area contributed by atoms with E-state index in [1.54, 1.807) is 12.1 Å². The monoisotopic (exact) mass is 561 g/mol. The molecule has 1 aliphatic carbocycles. The first-order valence-corrected chi connectivity index (χ1v) is 14.8. The molecule has 0 unspecified atom stereocenters. The zero-order valence-electron chi connectivity index (χ0n) is 23.5. The summed E-state index contributed by atoms with van der Waals surface area (Å²) in [5.74, 6) is -1.42. The number of benzene rings is 2. The number of likely N-dealkylation sites (tertiary alicyclic amines) is 1. The summed E-state index contributed by atoms with van der Waals surface area (Å²) in [4.78, 5) is 20.7. The fourth-order valence-corrected chi connectivity index (χ4v) is 6.32. The highest BCUT2D eigenvalue weighted by Crippen LogP contribution is 2.37. The van der Waals surface area contributed by atoms with Crippen LogP contribution in [0.15, 0.2) is 48.5 Å². The number of aryl methyl sites for hydroxylation is 1. The predicted octanol–water partition coefficient (Wildman–Crippen LogP) is 6.56. The maximum Gasteiger partial charge on any atom is 0.306 e. The zero-order chi connectivity index (χ0) is 28.5. The van der Waals surface area contributed by atoms with Gasteiger partial charge in [0.25, 0.3) is 0 Å². The van der Waals surface area contributed by atoms with Gasteiger partial charge in [-0.05, 0) is 99.3 Å². The molecule has 0 radical (unpaired) electrons. The van der Waals surface area contributed by atoms with E-state index >= 15 is 4.39 Å². The molecule has 1 saturated carbocycles. The summed E-state index contributed by atoms with van der Waals surface area (Å²) in [7, 11) is 0. The van der Waals surface area contributed by atoms with Crippen LogP contribution in [0.5, 0.6) is 5.75 Å². The molecule has 0 atom stereocenters. The zero-order valence-corrected chi connectivity index (χ0v) is 23.5. The molecule has 2 saturated heterocycles. The van der Waals surface area contributed by atoms with Crippen molar-refractivity contribution in [2.45, 2.75) is 64.0 Å². The maximum atomic E-state index is 15.1. The minimum atomic E-state index is -0.776. The van der Waals surface area contributed by atoms with Crippen LogP contribution >= 0.6 is 0 Å². The quantitative estimate of drug-likeness (QED) is 0.336. The van der Waals surface area contributed by atoms with Crippen LogP contribution in [0.3, 0.4) is 0 Å². The molecule has 3 aliphatic rings. The number of carboxylic acid groups (broad SMARTS) is 1. The second-order valence-electron chi connectivity index (χ2n) is 11.8. The number of piperidine rings is 2. The number of aromatic nitrogens is 1. The Morgan fingerprint density at radius 2 is 1.73 bits per heavy atom. The van der Waals surface area contributed by atoms with Gasteiger partial charge in [0.05, 0.1) is 11.6 Å². The number of anilines is 1. The summed E-state index contributed by atoms with van der Waals surface area (Å²) in [6.45, 7) is 5.67. The third kappa shape index (κ3) is 6.22. The summed E-state index contributed by atoms with van der Waals surface area (Å²) in [6.07, 6.45) is 6.12. The van der Waals surface area contributed by atoms with Crippen LogP contribution in [-0.2, 0) is 11.4 Å². The lowest BCUT2D eigenvalue weighted by Gasteiger charge is -2.32. The number of halogens is 2. The van der Waals surface area contributed by atoms with Gasteiger partial charge in [0, 0.05) is 30.8 Å². The molecular weight excluding hydrogens is 524 g/mol. The van der Waals surface area contributed by atoms with Crippen molar-refractivity contribution in [1.29, 1.82) is 0 Å². The van der Waals surface area contributed by atoms with E-state index in [-0.39, 0.29) is 23.8 Å². The molecular formula is C33H37F2N3O3. The van der Waals surface area contributed by atoms with E-state index in [0.29, 0.717) is 43.4 Å². The average Bonchev–Trinajstić information content (AvgIpc) is 3.83. The molecule has 1 aromatic heterocycles. The number of rotatable bonds is 8. The topological polar surface area (TPSA) is 65.9 Å². The molecule has 8 heteroatoms. The van der Waals surface area contributed by atoms with Crippen molar-refractivity contribution in [3.8, 4) is 17.0 Å². The highest BCUT2D eigenvalue weighted by atomic mass is 19.1. The molecule has 1 N–H and O–H groups in total. The van der Waals surface area contributed by atoms with Gasteiger partial charge in [0.15, 0.2) is 11.6 Å². The van der Waals surface area contributed by atoms with Crippen molar-refractivity contribution >= 4 is 11.8 Å². The van der Waals surface area contributed by atoms with E-state index in [2.05, 4.69) is 30.0 Å². The van der Waals surface area contributed by atoms with E-state index < -0.39 is 17.6 Å². The van der Waals surface area contributed by atoms with Crippen molar-refractivity contribution < 1.29 is 23.4 Å². The van der Waals surface area contributed by atoms with Gasteiger partial charge in [-0.3, -0.25) is 4.79 Å². The van der Waals surface area contributed by atoms with Gasteiger partial charge in [-0.2, -0.15) is 0 Å². The van der Waals surface area contributed by atoms with Gasteiger partial charge in [-0.1, -0.05) is 24.3 Å². The number of nitrogens with zero attached hydrogens (tertiary/aromatic N) is 3. The van der Waals surface area contributed by atoms with Crippen molar-refractivity contribution in [1.82, 2.24) is 9.88 Å². The highest BCUT2D eigenvalue weighted by Gasteiger charge is 2.32. The highest BCUT2D eigenvalue weighted by molar-refractivity contribution is 5.71. The van der Waals surface area contributed by atoms with Crippen LogP contribution in [0.25, 0.3) is 11.3 Å². The smallest absolute Gasteiger partial charge is 0.306 e. The third-order valence-corrected chi connectivity index (χ3v) is 8.99. The fraction of sp³-hybridized carbons (Fsp3) is 0.455. The number of pyridine rings is 1. The van der Waals surface area contributed by atoms with Crippen LogP contribution < -0.4 is 9.64 Å². The number of hydrogen-bond acceptors (Lipinski definition) is 5. The minimum Gasteiger partial charge on any atom is -0.485 e. The van der Waals surface area contributed by atoms with Gasteiger partial charge in [0.1, 0.15) is 18.2 Å². The van der Waals surface area contributed by atoms with Gasteiger partial charge in [-0.15, -0.1) is 0 Å². The van der Waals surface area contributed by atoms with E-state index in [0.717, 1.165) is 23.2 Å². The molecule has 3 aromatic rings. The van der Waals surface area contributed by atoms with E-state index in [1.165, 1.54) is 50.4 Å². The Kier molecular flexibility index (Phi) is 7.93. The molecule has 6 rings (SSSR count).